The fourth-order valence-corrected chi connectivity index (χ4v) is 9.70. The fourth-order valence-electron chi connectivity index (χ4n) is 9.70. The van der Waals surface area contributed by atoms with E-state index in [1.165, 1.54) is 44.5 Å². The molecule has 58 heavy (non-hydrogen) atoms. The molecule has 0 fully saturated rings. The van der Waals surface area contributed by atoms with Gasteiger partial charge in [0.05, 0.1) is 22.4 Å². The molecular weight excluding hydrogens is 703 g/mol. The number of hydrogen-bond acceptors (Lipinski definition) is 3. The first-order valence-corrected chi connectivity index (χ1v) is 20.2. The number of rotatable bonds is 5. The summed E-state index contributed by atoms with van der Waals surface area (Å²) in [6, 6.07) is 59.4. The zero-order chi connectivity index (χ0) is 39.2. The molecule has 2 heterocycles. The van der Waals surface area contributed by atoms with Crippen LogP contribution in [0.2, 0.25) is 0 Å². The summed E-state index contributed by atoms with van der Waals surface area (Å²) in [6.45, 7) is 9.37. The Bertz CT molecular complexity index is 3090. The molecule has 0 unspecified atom stereocenters. The van der Waals surface area contributed by atoms with Gasteiger partial charge in [-0.2, -0.15) is 0 Å². The van der Waals surface area contributed by atoms with E-state index < -0.39 is 0 Å². The standard InChI is InChI=1S/C55H41N3/c1-54(2)46-18-10-8-16-42(46)44-26-24-37(31-48(44)54)40-28-29-41(38-25-27-45-43-17-9-11-19-47(43)55(3,4)49(45)32-38)53-52(40)57-50(35-13-6-5-7-14-35)51(58-53)36-22-20-34(21-23-36)39-15-12-30-56-33-39/h5-33H,1-4H3. The lowest BCUT2D eigenvalue weighted by Crippen LogP contribution is -2.15. The highest BCUT2D eigenvalue weighted by atomic mass is 14.8. The van der Waals surface area contributed by atoms with Gasteiger partial charge >= 0.3 is 0 Å². The van der Waals surface area contributed by atoms with Crippen LogP contribution in [0.25, 0.3) is 89.2 Å². The Kier molecular flexibility index (Phi) is 7.55. The number of pyridine rings is 1. The number of benzene rings is 7. The third kappa shape index (κ3) is 5.16. The first-order valence-electron chi connectivity index (χ1n) is 20.2. The number of nitrogens with zero attached hydrogens (tertiary/aromatic N) is 3. The van der Waals surface area contributed by atoms with E-state index in [9.17, 15) is 0 Å². The lowest BCUT2D eigenvalue weighted by molar-refractivity contribution is 0.660. The van der Waals surface area contributed by atoms with Crippen molar-refractivity contribution < 1.29 is 0 Å². The zero-order valence-corrected chi connectivity index (χ0v) is 33.1. The Hall–Kier alpha value is -6.97. The molecule has 0 aliphatic heterocycles. The molecule has 0 bridgehead atoms. The van der Waals surface area contributed by atoms with E-state index in [2.05, 4.69) is 190 Å². The highest BCUT2D eigenvalue weighted by Gasteiger charge is 2.37. The molecule has 3 heteroatoms. The maximum Gasteiger partial charge on any atom is 0.0979 e. The summed E-state index contributed by atoms with van der Waals surface area (Å²) in [4.78, 5) is 15.8. The summed E-state index contributed by atoms with van der Waals surface area (Å²) in [5, 5.41) is 0. The summed E-state index contributed by atoms with van der Waals surface area (Å²) in [7, 11) is 0. The highest BCUT2D eigenvalue weighted by molar-refractivity contribution is 6.04. The molecule has 7 aromatic carbocycles. The van der Waals surface area contributed by atoms with Crippen molar-refractivity contribution in [2.24, 2.45) is 0 Å². The van der Waals surface area contributed by atoms with Crippen molar-refractivity contribution in [1.29, 1.82) is 0 Å². The van der Waals surface area contributed by atoms with Crippen molar-refractivity contribution in [2.45, 2.75) is 38.5 Å². The van der Waals surface area contributed by atoms with Gasteiger partial charge in [0.1, 0.15) is 0 Å². The highest BCUT2D eigenvalue weighted by Crippen LogP contribution is 2.52. The molecule has 0 radical (unpaired) electrons. The Morgan fingerprint density at radius 1 is 0.328 bits per heavy atom. The van der Waals surface area contributed by atoms with E-state index in [0.717, 1.165) is 66.9 Å². The first kappa shape index (κ1) is 34.3. The maximum absolute atomic E-state index is 5.71. The molecule has 0 saturated carbocycles. The van der Waals surface area contributed by atoms with Gasteiger partial charge in [-0.05, 0) is 85.0 Å². The Balaban J connectivity index is 1.16. The van der Waals surface area contributed by atoms with Crippen molar-refractivity contribution in [3.05, 3.63) is 198 Å². The van der Waals surface area contributed by atoms with Crippen LogP contribution in [0.1, 0.15) is 49.9 Å². The van der Waals surface area contributed by atoms with Crippen LogP contribution in [-0.4, -0.2) is 15.0 Å². The van der Waals surface area contributed by atoms with Crippen LogP contribution in [-0.2, 0) is 10.8 Å². The lowest BCUT2D eigenvalue weighted by Gasteiger charge is -2.23. The topological polar surface area (TPSA) is 38.7 Å². The Morgan fingerprint density at radius 2 is 0.741 bits per heavy atom. The van der Waals surface area contributed by atoms with Gasteiger partial charge in [0.2, 0.25) is 0 Å². The van der Waals surface area contributed by atoms with Gasteiger partial charge in [0, 0.05) is 45.5 Å². The SMILES string of the molecule is CC1(C)c2ccccc2-c2ccc(-c3ccc(-c4ccc5c(c4)C(C)(C)c4ccccc4-5)c4nc(-c5ccc(-c6cccnc6)cc5)c(-c5ccccc5)nc34)cc21. The normalized spacial score (nSPS) is 14.1. The second-order valence-electron chi connectivity index (χ2n) is 16.8. The molecule has 2 aliphatic carbocycles. The number of fused-ring (bicyclic) bond motifs is 7. The van der Waals surface area contributed by atoms with Crippen molar-refractivity contribution in [3.63, 3.8) is 0 Å². The predicted octanol–water partition coefficient (Wildman–Crippen LogP) is 14.0. The summed E-state index contributed by atoms with van der Waals surface area (Å²) in [6.07, 6.45) is 3.72. The zero-order valence-electron chi connectivity index (χ0n) is 33.1. The molecule has 2 aromatic heterocycles. The van der Waals surface area contributed by atoms with Crippen LogP contribution in [0.4, 0.5) is 0 Å². The van der Waals surface area contributed by atoms with Crippen molar-refractivity contribution in [1.82, 2.24) is 15.0 Å². The molecule has 0 atom stereocenters. The average molecular weight is 744 g/mol. The number of hydrogen-bond donors (Lipinski definition) is 0. The van der Waals surface area contributed by atoms with Crippen molar-refractivity contribution >= 4 is 11.0 Å². The minimum atomic E-state index is -0.125. The van der Waals surface area contributed by atoms with Crippen molar-refractivity contribution in [2.75, 3.05) is 0 Å². The summed E-state index contributed by atoms with van der Waals surface area (Å²) in [5.74, 6) is 0. The van der Waals surface area contributed by atoms with Gasteiger partial charge in [-0.1, -0.05) is 173 Å². The van der Waals surface area contributed by atoms with E-state index >= 15 is 0 Å². The molecule has 276 valence electrons. The number of aromatic nitrogens is 3. The molecule has 0 saturated heterocycles. The van der Waals surface area contributed by atoms with Gasteiger partial charge < -0.3 is 0 Å². The molecule has 2 aliphatic rings. The minimum absolute atomic E-state index is 0.123. The van der Waals surface area contributed by atoms with E-state index in [1.807, 2.05) is 18.5 Å². The molecule has 3 nitrogen and oxygen atoms in total. The van der Waals surface area contributed by atoms with Crippen LogP contribution < -0.4 is 0 Å². The second-order valence-corrected chi connectivity index (χ2v) is 16.8. The third-order valence-corrected chi connectivity index (χ3v) is 12.8. The van der Waals surface area contributed by atoms with E-state index in [-0.39, 0.29) is 10.8 Å². The van der Waals surface area contributed by atoms with Gasteiger partial charge in [0.15, 0.2) is 0 Å². The van der Waals surface area contributed by atoms with Gasteiger partial charge in [-0.3, -0.25) is 4.98 Å². The smallest absolute Gasteiger partial charge is 0.0979 e. The average Bonchev–Trinajstić information content (AvgIpc) is 3.65. The monoisotopic (exact) mass is 743 g/mol. The third-order valence-electron chi connectivity index (χ3n) is 12.8. The van der Waals surface area contributed by atoms with E-state index in [1.54, 1.807) is 0 Å². The minimum Gasteiger partial charge on any atom is -0.264 e. The van der Waals surface area contributed by atoms with Crippen LogP contribution in [0.3, 0.4) is 0 Å². The van der Waals surface area contributed by atoms with Crippen molar-refractivity contribution in [3.8, 4) is 78.1 Å². The quantitative estimate of drug-likeness (QED) is 0.176. The van der Waals surface area contributed by atoms with Crippen LogP contribution in [0, 0.1) is 0 Å². The van der Waals surface area contributed by atoms with E-state index in [0.29, 0.717) is 0 Å². The van der Waals surface area contributed by atoms with E-state index in [4.69, 9.17) is 9.97 Å². The summed E-state index contributed by atoms with van der Waals surface area (Å²) < 4.78 is 0. The Morgan fingerprint density at radius 3 is 1.26 bits per heavy atom. The van der Waals surface area contributed by atoms with Gasteiger partial charge in [0.25, 0.3) is 0 Å². The lowest BCUT2D eigenvalue weighted by atomic mass is 9.81. The summed E-state index contributed by atoms with van der Waals surface area (Å²) in [5.41, 5.74) is 22.6. The van der Waals surface area contributed by atoms with Crippen LogP contribution >= 0.6 is 0 Å². The molecule has 0 spiro atoms. The molecule has 0 N–H and O–H groups in total. The first-order chi connectivity index (χ1) is 28.3. The van der Waals surface area contributed by atoms with Crippen LogP contribution in [0.15, 0.2) is 176 Å². The largest absolute Gasteiger partial charge is 0.264 e. The molecule has 0 amide bonds. The predicted molar refractivity (Wildman–Crippen MR) is 240 cm³/mol. The van der Waals surface area contributed by atoms with Gasteiger partial charge in [-0.15, -0.1) is 0 Å². The van der Waals surface area contributed by atoms with Gasteiger partial charge in [-0.25, -0.2) is 9.97 Å². The Labute approximate surface area is 339 Å². The fraction of sp³-hybridized carbons (Fsp3) is 0.109. The second kappa shape index (κ2) is 12.8. The summed E-state index contributed by atoms with van der Waals surface area (Å²) >= 11 is 0. The molecular formula is C55H41N3. The molecule has 11 rings (SSSR count). The maximum atomic E-state index is 5.71. The molecule has 9 aromatic rings. The van der Waals surface area contributed by atoms with Crippen LogP contribution in [0.5, 0.6) is 0 Å².